The van der Waals surface area contributed by atoms with Gasteiger partial charge in [0.25, 0.3) is 0 Å². The van der Waals surface area contributed by atoms with Crippen LogP contribution in [0.3, 0.4) is 0 Å². The molecule has 0 bridgehead atoms. The summed E-state index contributed by atoms with van der Waals surface area (Å²) in [5.74, 6) is 0.678. The van der Waals surface area contributed by atoms with E-state index in [4.69, 9.17) is 0 Å². The van der Waals surface area contributed by atoms with Crippen LogP contribution in [0.5, 0.6) is 0 Å². The Labute approximate surface area is 132 Å². The molecule has 2 N–H and O–H groups in total. The molecule has 4 heteroatoms. The Morgan fingerprint density at radius 1 is 1.24 bits per heavy atom. The van der Waals surface area contributed by atoms with E-state index < -0.39 is 0 Å². The summed E-state index contributed by atoms with van der Waals surface area (Å²) in [6.45, 7) is 2.14. The zero-order valence-corrected chi connectivity index (χ0v) is 13.8. The molecule has 0 heterocycles. The lowest BCUT2D eigenvalue weighted by atomic mass is 9.95. The van der Waals surface area contributed by atoms with Crippen molar-refractivity contribution in [2.75, 3.05) is 12.8 Å². The van der Waals surface area contributed by atoms with E-state index in [1.165, 1.54) is 24.8 Å². The summed E-state index contributed by atoms with van der Waals surface area (Å²) in [6, 6.07) is 9.22. The normalized spacial score (nSPS) is 17.4. The molecule has 0 aromatic heterocycles. The molecule has 1 saturated carbocycles. The van der Waals surface area contributed by atoms with Crippen molar-refractivity contribution in [3.8, 4) is 0 Å². The predicted octanol–water partition coefficient (Wildman–Crippen LogP) is 3.51. The average Bonchev–Trinajstić information content (AvgIpc) is 2.53. The van der Waals surface area contributed by atoms with Gasteiger partial charge in [0, 0.05) is 17.0 Å². The molecule has 1 aromatic rings. The van der Waals surface area contributed by atoms with E-state index >= 15 is 0 Å². The summed E-state index contributed by atoms with van der Waals surface area (Å²) < 4.78 is 0. The number of nitrogens with one attached hydrogen (secondary N) is 2. The van der Waals surface area contributed by atoms with Gasteiger partial charge in [-0.05, 0) is 44.5 Å². The zero-order valence-electron chi connectivity index (χ0n) is 13.0. The molecule has 1 unspecified atom stereocenters. The van der Waals surface area contributed by atoms with Gasteiger partial charge in [0.2, 0.25) is 5.91 Å². The molecule has 2 rings (SSSR count). The number of benzene rings is 1. The highest BCUT2D eigenvalue weighted by atomic mass is 32.2. The fourth-order valence-corrected chi connectivity index (χ4v) is 3.39. The van der Waals surface area contributed by atoms with Crippen LogP contribution >= 0.6 is 11.8 Å². The summed E-state index contributed by atoms with van der Waals surface area (Å²) in [4.78, 5) is 13.1. The van der Waals surface area contributed by atoms with Crippen LogP contribution in [0.25, 0.3) is 0 Å². The van der Waals surface area contributed by atoms with Crippen LogP contribution < -0.4 is 10.6 Å². The Kier molecular flexibility index (Phi) is 6.58. The molecule has 3 nitrogen and oxygen atoms in total. The van der Waals surface area contributed by atoms with Crippen LogP contribution in [0, 0.1) is 0 Å². The van der Waals surface area contributed by atoms with Crippen LogP contribution in [0.15, 0.2) is 29.2 Å². The highest BCUT2D eigenvalue weighted by Crippen LogP contribution is 2.21. The lowest BCUT2D eigenvalue weighted by Gasteiger charge is -2.22. The van der Waals surface area contributed by atoms with Crippen molar-refractivity contribution in [3.63, 3.8) is 0 Å². The molecule has 0 aliphatic heterocycles. The lowest BCUT2D eigenvalue weighted by Crippen LogP contribution is -2.37. The Bertz CT molecular complexity index is 441. The SMILES string of the molecule is CNC(C)c1ccc(SCC(=O)NC2CCCCC2)cc1. The van der Waals surface area contributed by atoms with Crippen LogP contribution in [-0.2, 0) is 4.79 Å². The number of carbonyl (C=O) groups is 1. The van der Waals surface area contributed by atoms with E-state index in [1.54, 1.807) is 11.8 Å². The first kappa shape index (κ1) is 16.4. The van der Waals surface area contributed by atoms with Gasteiger partial charge < -0.3 is 10.6 Å². The number of thioether (sulfide) groups is 1. The van der Waals surface area contributed by atoms with Gasteiger partial charge in [-0.2, -0.15) is 0 Å². The Balaban J connectivity index is 1.75. The summed E-state index contributed by atoms with van der Waals surface area (Å²) in [5.41, 5.74) is 1.27. The number of carbonyl (C=O) groups excluding carboxylic acids is 1. The van der Waals surface area contributed by atoms with Crippen LogP contribution in [0.4, 0.5) is 0 Å². The van der Waals surface area contributed by atoms with Crippen molar-refractivity contribution >= 4 is 17.7 Å². The highest BCUT2D eigenvalue weighted by Gasteiger charge is 2.15. The molecule has 0 spiro atoms. The van der Waals surface area contributed by atoms with Gasteiger partial charge >= 0.3 is 0 Å². The molecule has 0 saturated heterocycles. The predicted molar refractivity (Wildman–Crippen MR) is 89.7 cm³/mol. The third-order valence-electron chi connectivity index (χ3n) is 4.15. The highest BCUT2D eigenvalue weighted by molar-refractivity contribution is 8.00. The molecule has 1 aliphatic rings. The fraction of sp³-hybridized carbons (Fsp3) is 0.588. The van der Waals surface area contributed by atoms with E-state index in [9.17, 15) is 4.79 Å². The van der Waals surface area contributed by atoms with Crippen molar-refractivity contribution in [2.24, 2.45) is 0 Å². The van der Waals surface area contributed by atoms with Gasteiger partial charge in [-0.15, -0.1) is 11.8 Å². The fourth-order valence-electron chi connectivity index (χ4n) is 2.68. The van der Waals surface area contributed by atoms with Gasteiger partial charge in [-0.1, -0.05) is 31.4 Å². The van der Waals surface area contributed by atoms with Gasteiger partial charge in [0.15, 0.2) is 0 Å². The Morgan fingerprint density at radius 2 is 1.90 bits per heavy atom. The van der Waals surface area contributed by atoms with E-state index in [2.05, 4.69) is 41.8 Å². The Hall–Kier alpha value is -1.00. The lowest BCUT2D eigenvalue weighted by molar-refractivity contribution is -0.119. The van der Waals surface area contributed by atoms with E-state index in [0.29, 0.717) is 17.8 Å². The molecule has 0 radical (unpaired) electrons. The van der Waals surface area contributed by atoms with E-state index in [1.807, 2.05) is 7.05 Å². The number of amides is 1. The third kappa shape index (κ3) is 5.36. The van der Waals surface area contributed by atoms with Crippen molar-refractivity contribution < 1.29 is 4.79 Å². The van der Waals surface area contributed by atoms with Crippen LogP contribution in [0.1, 0.15) is 50.6 Å². The number of hydrogen-bond acceptors (Lipinski definition) is 3. The third-order valence-corrected chi connectivity index (χ3v) is 5.17. The second-order valence-electron chi connectivity index (χ2n) is 5.77. The molecule has 1 amide bonds. The summed E-state index contributed by atoms with van der Waals surface area (Å²) in [7, 11) is 1.96. The molecule has 1 fully saturated rings. The monoisotopic (exact) mass is 306 g/mol. The quantitative estimate of drug-likeness (QED) is 0.790. The first-order chi connectivity index (χ1) is 10.2. The largest absolute Gasteiger partial charge is 0.353 e. The first-order valence-corrected chi connectivity index (χ1v) is 8.87. The molecule has 21 heavy (non-hydrogen) atoms. The molecule has 1 aromatic carbocycles. The zero-order chi connectivity index (χ0) is 15.1. The van der Waals surface area contributed by atoms with Gasteiger partial charge in [-0.3, -0.25) is 4.79 Å². The van der Waals surface area contributed by atoms with Gasteiger partial charge in [0.1, 0.15) is 0 Å². The van der Waals surface area contributed by atoms with Crippen molar-refractivity contribution in [1.82, 2.24) is 10.6 Å². The maximum atomic E-state index is 12.0. The smallest absolute Gasteiger partial charge is 0.230 e. The minimum atomic E-state index is 0.166. The number of rotatable bonds is 6. The first-order valence-electron chi connectivity index (χ1n) is 7.88. The van der Waals surface area contributed by atoms with Crippen LogP contribution in [-0.4, -0.2) is 24.7 Å². The molecular weight excluding hydrogens is 280 g/mol. The maximum Gasteiger partial charge on any atom is 0.230 e. The second kappa shape index (κ2) is 8.44. The minimum Gasteiger partial charge on any atom is -0.353 e. The van der Waals surface area contributed by atoms with E-state index in [-0.39, 0.29) is 5.91 Å². The summed E-state index contributed by atoms with van der Waals surface area (Å²) in [6.07, 6.45) is 6.12. The molecule has 116 valence electrons. The Morgan fingerprint density at radius 3 is 2.52 bits per heavy atom. The molecule has 1 atom stereocenters. The maximum absolute atomic E-state index is 12.0. The minimum absolute atomic E-state index is 0.166. The van der Waals surface area contributed by atoms with Gasteiger partial charge in [-0.25, -0.2) is 0 Å². The number of hydrogen-bond donors (Lipinski definition) is 2. The molecular formula is C17H26N2OS. The summed E-state index contributed by atoms with van der Waals surface area (Å²) in [5, 5.41) is 6.38. The molecule has 1 aliphatic carbocycles. The van der Waals surface area contributed by atoms with Gasteiger partial charge in [0.05, 0.1) is 5.75 Å². The van der Waals surface area contributed by atoms with E-state index in [0.717, 1.165) is 17.7 Å². The van der Waals surface area contributed by atoms with Crippen molar-refractivity contribution in [1.29, 1.82) is 0 Å². The van der Waals surface area contributed by atoms with Crippen LogP contribution in [0.2, 0.25) is 0 Å². The second-order valence-corrected chi connectivity index (χ2v) is 6.82. The average molecular weight is 306 g/mol. The standard InChI is InChI=1S/C17H26N2OS/c1-13(18-2)14-8-10-16(11-9-14)21-12-17(20)19-15-6-4-3-5-7-15/h8-11,13,15,18H,3-7,12H2,1-2H3,(H,19,20). The van der Waals surface area contributed by atoms with Crippen molar-refractivity contribution in [2.45, 2.75) is 56.0 Å². The summed E-state index contributed by atoms with van der Waals surface area (Å²) >= 11 is 1.61. The topological polar surface area (TPSA) is 41.1 Å². The van der Waals surface area contributed by atoms with Crippen molar-refractivity contribution in [3.05, 3.63) is 29.8 Å².